The van der Waals surface area contributed by atoms with E-state index in [0.29, 0.717) is 47.4 Å². The molecule has 0 radical (unpaired) electrons. The first-order chi connectivity index (χ1) is 18.3. The minimum absolute atomic E-state index is 0.151. The van der Waals surface area contributed by atoms with E-state index in [1.807, 2.05) is 35.2 Å². The summed E-state index contributed by atoms with van der Waals surface area (Å²) in [6.07, 6.45) is -1.12. The van der Waals surface area contributed by atoms with Gasteiger partial charge in [0.2, 0.25) is 6.79 Å². The van der Waals surface area contributed by atoms with Gasteiger partial charge >= 0.3 is 6.18 Å². The number of carbonyl (C=O) groups excluding carboxylic acids is 1. The van der Waals surface area contributed by atoms with Crippen LogP contribution in [-0.2, 0) is 32.4 Å². The molecular formula is C27H23F3N4O3S. The Balaban J connectivity index is 1.31. The number of rotatable bonds is 9. The second-order valence-corrected chi connectivity index (χ2v) is 9.64. The largest absolute Gasteiger partial charge is 0.454 e. The average molecular weight is 541 g/mol. The quantitative estimate of drug-likeness (QED) is 0.306. The fourth-order valence-electron chi connectivity index (χ4n) is 4.02. The third-order valence-corrected chi connectivity index (χ3v) is 6.68. The summed E-state index contributed by atoms with van der Waals surface area (Å²) in [6, 6.07) is 14.5. The van der Waals surface area contributed by atoms with Crippen LogP contribution in [0.3, 0.4) is 0 Å². The van der Waals surface area contributed by atoms with E-state index in [9.17, 15) is 18.0 Å². The Kier molecular flexibility index (Phi) is 7.57. The Bertz CT molecular complexity index is 1410. The maximum absolute atomic E-state index is 13.3. The number of hydrogen-bond donors (Lipinski definition) is 1. The molecule has 2 aromatic carbocycles. The number of carbonyl (C=O) groups is 1. The molecule has 0 unspecified atom stereocenters. The highest BCUT2D eigenvalue weighted by Gasteiger charge is 2.30. The molecule has 1 aliphatic rings. The van der Waals surface area contributed by atoms with Crippen molar-refractivity contribution in [2.45, 2.75) is 32.4 Å². The number of ether oxygens (including phenoxy) is 2. The van der Waals surface area contributed by atoms with Gasteiger partial charge in [0.05, 0.1) is 12.1 Å². The lowest BCUT2D eigenvalue weighted by Gasteiger charge is -2.22. The molecule has 1 amide bonds. The summed E-state index contributed by atoms with van der Waals surface area (Å²) in [5, 5.41) is 5.19. The van der Waals surface area contributed by atoms with Gasteiger partial charge in [0, 0.05) is 37.4 Å². The normalized spacial score (nSPS) is 12.6. The molecule has 196 valence electrons. The van der Waals surface area contributed by atoms with Crippen LogP contribution in [0.4, 0.5) is 13.2 Å². The molecule has 0 aliphatic carbocycles. The summed E-state index contributed by atoms with van der Waals surface area (Å²) in [5.74, 6) is 0.981. The van der Waals surface area contributed by atoms with Crippen molar-refractivity contribution in [3.63, 3.8) is 0 Å². The van der Waals surface area contributed by atoms with Crippen LogP contribution in [0.5, 0.6) is 11.5 Å². The van der Waals surface area contributed by atoms with Gasteiger partial charge in [-0.05, 0) is 47.0 Å². The lowest BCUT2D eigenvalue weighted by atomic mass is 10.1. The van der Waals surface area contributed by atoms with E-state index in [1.165, 1.54) is 17.4 Å². The number of fused-ring (bicyclic) bond motifs is 1. The minimum Gasteiger partial charge on any atom is -0.454 e. The zero-order valence-electron chi connectivity index (χ0n) is 20.1. The van der Waals surface area contributed by atoms with E-state index in [4.69, 9.17) is 9.47 Å². The molecular weight excluding hydrogens is 517 g/mol. The first-order valence-electron chi connectivity index (χ1n) is 11.7. The van der Waals surface area contributed by atoms with Crippen LogP contribution in [-0.4, -0.2) is 27.6 Å². The van der Waals surface area contributed by atoms with Crippen molar-refractivity contribution in [1.29, 1.82) is 0 Å². The Morgan fingerprint density at radius 1 is 0.947 bits per heavy atom. The smallest absolute Gasteiger partial charge is 0.416 e. The fourth-order valence-corrected chi connectivity index (χ4v) is 4.84. The highest BCUT2D eigenvalue weighted by molar-refractivity contribution is 7.09. The number of nitrogens with one attached hydrogen (secondary N) is 1. The van der Waals surface area contributed by atoms with E-state index < -0.39 is 11.7 Å². The van der Waals surface area contributed by atoms with Gasteiger partial charge in [0.25, 0.3) is 5.91 Å². The fraction of sp³-hybridized carbons (Fsp3) is 0.222. The number of thiazole rings is 1. The molecule has 0 fully saturated rings. The lowest BCUT2D eigenvalue weighted by Crippen LogP contribution is -2.24. The predicted octanol–water partition coefficient (Wildman–Crippen LogP) is 5.42. The number of alkyl halides is 3. The van der Waals surface area contributed by atoms with Gasteiger partial charge in [-0.3, -0.25) is 14.7 Å². The highest BCUT2D eigenvalue weighted by atomic mass is 32.1. The van der Waals surface area contributed by atoms with Crippen molar-refractivity contribution in [3.8, 4) is 11.5 Å². The molecule has 3 heterocycles. The third kappa shape index (κ3) is 6.48. The van der Waals surface area contributed by atoms with Crippen LogP contribution in [0.15, 0.2) is 72.4 Å². The summed E-state index contributed by atoms with van der Waals surface area (Å²) in [4.78, 5) is 23.0. The van der Waals surface area contributed by atoms with Crippen molar-refractivity contribution >= 4 is 17.2 Å². The number of nitrogens with zero attached hydrogens (tertiary/aromatic N) is 3. The van der Waals surface area contributed by atoms with Gasteiger partial charge in [-0.2, -0.15) is 13.2 Å². The standard InChI is InChI=1S/C27H23F3N4O3S/c28-27(29,30)21-3-1-2-19(10-21)13-34(14-20-4-5-23-24(11-20)37-17-36-23)15-25-33-22(16-38-25)26(35)32-12-18-6-8-31-9-7-18/h1-11,16H,12-15,17H2,(H,32,35). The zero-order chi connectivity index (χ0) is 26.5. The molecule has 11 heteroatoms. The van der Waals surface area contributed by atoms with Gasteiger partial charge in [0.15, 0.2) is 11.5 Å². The van der Waals surface area contributed by atoms with Crippen molar-refractivity contribution in [1.82, 2.24) is 20.2 Å². The molecule has 0 bridgehead atoms. The van der Waals surface area contributed by atoms with Crippen molar-refractivity contribution < 1.29 is 27.4 Å². The SMILES string of the molecule is O=C(NCc1ccncc1)c1csc(CN(Cc2cccc(C(F)(F)F)c2)Cc2ccc3c(c2)OCO3)n1. The van der Waals surface area contributed by atoms with Gasteiger partial charge in [-0.1, -0.05) is 24.3 Å². The first-order valence-corrected chi connectivity index (χ1v) is 12.6. The zero-order valence-corrected chi connectivity index (χ0v) is 20.9. The number of hydrogen-bond acceptors (Lipinski definition) is 7. The van der Waals surface area contributed by atoms with Crippen molar-refractivity contribution in [3.05, 3.63) is 105 Å². The lowest BCUT2D eigenvalue weighted by molar-refractivity contribution is -0.137. The topological polar surface area (TPSA) is 76.6 Å². The number of amides is 1. The van der Waals surface area contributed by atoms with Gasteiger partial charge in [0.1, 0.15) is 10.7 Å². The van der Waals surface area contributed by atoms with Crippen molar-refractivity contribution in [2.75, 3.05) is 6.79 Å². The maximum atomic E-state index is 13.3. The summed E-state index contributed by atoms with van der Waals surface area (Å²) in [5.41, 5.74) is 1.95. The second-order valence-electron chi connectivity index (χ2n) is 8.70. The van der Waals surface area contributed by atoms with E-state index in [-0.39, 0.29) is 19.2 Å². The van der Waals surface area contributed by atoms with Crippen LogP contribution in [0, 0.1) is 0 Å². The molecule has 0 atom stereocenters. The Hall–Kier alpha value is -3.96. The van der Waals surface area contributed by atoms with E-state index in [1.54, 1.807) is 23.8 Å². The van der Waals surface area contributed by atoms with Crippen LogP contribution in [0.2, 0.25) is 0 Å². The number of benzene rings is 2. The van der Waals surface area contributed by atoms with Crippen LogP contribution < -0.4 is 14.8 Å². The summed E-state index contributed by atoms with van der Waals surface area (Å²) < 4.78 is 50.7. The van der Waals surface area contributed by atoms with Gasteiger partial charge in [-0.15, -0.1) is 11.3 Å². The maximum Gasteiger partial charge on any atom is 0.416 e. The van der Waals surface area contributed by atoms with Crippen LogP contribution >= 0.6 is 11.3 Å². The Morgan fingerprint density at radius 2 is 1.71 bits per heavy atom. The summed E-state index contributed by atoms with van der Waals surface area (Å²) in [7, 11) is 0. The second kappa shape index (κ2) is 11.2. The number of aromatic nitrogens is 2. The first kappa shape index (κ1) is 25.7. The Morgan fingerprint density at radius 3 is 2.50 bits per heavy atom. The molecule has 0 saturated carbocycles. The molecule has 1 aliphatic heterocycles. The third-order valence-electron chi connectivity index (χ3n) is 5.85. The van der Waals surface area contributed by atoms with Crippen molar-refractivity contribution in [2.24, 2.45) is 0 Å². The van der Waals surface area contributed by atoms with Gasteiger partial charge < -0.3 is 14.8 Å². The van der Waals surface area contributed by atoms with E-state index in [0.717, 1.165) is 23.3 Å². The van der Waals surface area contributed by atoms with Crippen LogP contribution in [0.25, 0.3) is 0 Å². The van der Waals surface area contributed by atoms with Crippen LogP contribution in [0.1, 0.15) is 37.7 Å². The number of halogens is 3. The molecule has 38 heavy (non-hydrogen) atoms. The monoisotopic (exact) mass is 540 g/mol. The number of pyridine rings is 1. The highest BCUT2D eigenvalue weighted by Crippen LogP contribution is 2.33. The molecule has 0 saturated heterocycles. The average Bonchev–Trinajstić information content (AvgIpc) is 3.57. The summed E-state index contributed by atoms with van der Waals surface area (Å²) in [6.45, 7) is 1.52. The molecule has 0 spiro atoms. The molecule has 4 aromatic rings. The summed E-state index contributed by atoms with van der Waals surface area (Å²) >= 11 is 1.33. The molecule has 1 N–H and O–H groups in total. The minimum atomic E-state index is -4.42. The Labute approximate surface area is 220 Å². The van der Waals surface area contributed by atoms with E-state index in [2.05, 4.69) is 15.3 Å². The van der Waals surface area contributed by atoms with E-state index >= 15 is 0 Å². The molecule has 7 nitrogen and oxygen atoms in total. The van der Waals surface area contributed by atoms with Gasteiger partial charge in [-0.25, -0.2) is 4.98 Å². The predicted molar refractivity (Wildman–Crippen MR) is 134 cm³/mol. The molecule has 2 aromatic heterocycles. The molecule has 5 rings (SSSR count).